The van der Waals surface area contributed by atoms with Crippen molar-refractivity contribution in [2.75, 3.05) is 12.4 Å². The third kappa shape index (κ3) is 4.33. The van der Waals surface area contributed by atoms with Gasteiger partial charge in [-0.1, -0.05) is 12.1 Å². The zero-order valence-corrected chi connectivity index (χ0v) is 16.3. The van der Waals surface area contributed by atoms with E-state index in [1.807, 2.05) is 22.9 Å². The van der Waals surface area contributed by atoms with Crippen LogP contribution in [-0.4, -0.2) is 27.6 Å². The fourth-order valence-corrected chi connectivity index (χ4v) is 3.56. The lowest BCUT2D eigenvalue weighted by Crippen LogP contribution is -2.11. The number of carbonyl (C=O) groups excluding carboxylic acids is 1. The summed E-state index contributed by atoms with van der Waals surface area (Å²) < 4.78 is 20.8. The lowest BCUT2D eigenvalue weighted by atomic mass is 10.1. The first kappa shape index (κ1) is 18.8. The largest absolute Gasteiger partial charge is 0.496 e. The molecule has 0 bridgehead atoms. The Kier molecular flexibility index (Phi) is 5.35. The van der Waals surface area contributed by atoms with E-state index in [9.17, 15) is 9.18 Å². The molecule has 2 aromatic carbocycles. The maximum Gasteiger partial charge on any atom is 0.257 e. The van der Waals surface area contributed by atoms with Crippen LogP contribution in [0.4, 0.5) is 9.52 Å². The predicted molar refractivity (Wildman–Crippen MR) is 110 cm³/mol. The van der Waals surface area contributed by atoms with Crippen LogP contribution in [-0.2, 0) is 6.54 Å². The Morgan fingerprint density at radius 2 is 2.07 bits per heavy atom. The van der Waals surface area contributed by atoms with Crippen LogP contribution in [0, 0.1) is 5.82 Å². The number of carbonyl (C=O) groups is 1. The number of ether oxygens (including phenoxy) is 1. The Morgan fingerprint density at radius 1 is 1.24 bits per heavy atom. The van der Waals surface area contributed by atoms with Gasteiger partial charge in [-0.15, -0.1) is 11.3 Å². The molecule has 29 heavy (non-hydrogen) atoms. The molecule has 4 rings (SSSR count). The molecular weight excluding hydrogens is 391 g/mol. The predicted octanol–water partition coefficient (Wildman–Crippen LogP) is 4.45. The molecule has 0 aliphatic rings. The molecule has 0 saturated carbocycles. The van der Waals surface area contributed by atoms with E-state index < -0.39 is 0 Å². The standard InChI is InChI=1S/C21H17FN4O2S/c1-28-19-7-6-16(22)10-17(19)18-12-29-21(24-18)25-20(27)15-4-2-14(3-5-15)11-26-9-8-23-13-26/h2-10,12-13H,11H2,1H3,(H,24,25,27). The second-order valence-electron chi connectivity index (χ2n) is 6.27. The Hall–Kier alpha value is -3.52. The zero-order chi connectivity index (χ0) is 20.2. The normalized spacial score (nSPS) is 10.7. The number of aromatic nitrogens is 3. The summed E-state index contributed by atoms with van der Waals surface area (Å²) in [5.74, 6) is -0.121. The molecule has 0 aliphatic heterocycles. The van der Waals surface area contributed by atoms with Crippen LogP contribution >= 0.6 is 11.3 Å². The summed E-state index contributed by atoms with van der Waals surface area (Å²) in [6, 6.07) is 11.6. The van der Waals surface area contributed by atoms with E-state index in [4.69, 9.17) is 4.74 Å². The molecule has 0 fully saturated rings. The monoisotopic (exact) mass is 408 g/mol. The molecule has 2 aromatic heterocycles. The van der Waals surface area contributed by atoms with Gasteiger partial charge in [0.25, 0.3) is 5.91 Å². The van der Waals surface area contributed by atoms with Crippen LogP contribution in [0.2, 0.25) is 0 Å². The number of methoxy groups -OCH3 is 1. The number of halogens is 1. The highest BCUT2D eigenvalue weighted by molar-refractivity contribution is 7.14. The molecule has 1 N–H and O–H groups in total. The van der Waals surface area contributed by atoms with Gasteiger partial charge in [0, 0.05) is 35.4 Å². The summed E-state index contributed by atoms with van der Waals surface area (Å²) >= 11 is 1.27. The number of thiazole rings is 1. The van der Waals surface area contributed by atoms with Gasteiger partial charge in [-0.25, -0.2) is 14.4 Å². The molecule has 8 heteroatoms. The summed E-state index contributed by atoms with van der Waals surface area (Å²) in [4.78, 5) is 20.9. The maximum absolute atomic E-state index is 13.6. The van der Waals surface area contributed by atoms with E-state index >= 15 is 0 Å². The van der Waals surface area contributed by atoms with Crippen molar-refractivity contribution >= 4 is 22.4 Å². The fraction of sp³-hybridized carbons (Fsp3) is 0.0952. The van der Waals surface area contributed by atoms with Gasteiger partial charge in [0.1, 0.15) is 11.6 Å². The van der Waals surface area contributed by atoms with Crippen LogP contribution < -0.4 is 10.1 Å². The van der Waals surface area contributed by atoms with Crippen molar-refractivity contribution in [2.24, 2.45) is 0 Å². The van der Waals surface area contributed by atoms with Crippen molar-refractivity contribution in [3.8, 4) is 17.0 Å². The lowest BCUT2D eigenvalue weighted by Gasteiger charge is -2.06. The maximum atomic E-state index is 13.6. The van der Waals surface area contributed by atoms with Crippen molar-refractivity contribution in [3.05, 3.63) is 83.5 Å². The van der Waals surface area contributed by atoms with Gasteiger partial charge in [0.2, 0.25) is 0 Å². The molecule has 4 aromatic rings. The van der Waals surface area contributed by atoms with Crippen LogP contribution in [0.3, 0.4) is 0 Å². The second kappa shape index (κ2) is 8.24. The third-order valence-electron chi connectivity index (χ3n) is 4.30. The van der Waals surface area contributed by atoms with Gasteiger partial charge in [-0.05, 0) is 35.9 Å². The summed E-state index contributed by atoms with van der Waals surface area (Å²) in [5, 5.41) is 4.96. The van der Waals surface area contributed by atoms with Crippen molar-refractivity contribution in [3.63, 3.8) is 0 Å². The topological polar surface area (TPSA) is 69.0 Å². The number of hydrogen-bond acceptors (Lipinski definition) is 5. The van der Waals surface area contributed by atoms with Gasteiger partial charge in [-0.2, -0.15) is 0 Å². The molecule has 1 amide bonds. The molecule has 0 aliphatic carbocycles. The third-order valence-corrected chi connectivity index (χ3v) is 5.06. The van der Waals surface area contributed by atoms with Crippen LogP contribution in [0.5, 0.6) is 5.75 Å². The number of imidazole rings is 1. The SMILES string of the molecule is COc1ccc(F)cc1-c1csc(NC(=O)c2ccc(Cn3ccnc3)cc2)n1. The first-order chi connectivity index (χ1) is 14.1. The minimum atomic E-state index is -0.379. The first-order valence-electron chi connectivity index (χ1n) is 8.78. The summed E-state index contributed by atoms with van der Waals surface area (Å²) in [7, 11) is 1.52. The van der Waals surface area contributed by atoms with Gasteiger partial charge in [-0.3, -0.25) is 10.1 Å². The molecule has 2 heterocycles. The molecular formula is C21H17FN4O2S. The Morgan fingerprint density at radius 3 is 2.79 bits per heavy atom. The minimum absolute atomic E-state index is 0.258. The van der Waals surface area contributed by atoms with Gasteiger partial charge in [0.05, 0.1) is 19.1 Å². The van der Waals surface area contributed by atoms with Crippen LogP contribution in [0.15, 0.2) is 66.6 Å². The zero-order valence-electron chi connectivity index (χ0n) is 15.5. The number of amides is 1. The highest BCUT2D eigenvalue weighted by Gasteiger charge is 2.13. The minimum Gasteiger partial charge on any atom is -0.496 e. The van der Waals surface area contributed by atoms with E-state index in [2.05, 4.69) is 15.3 Å². The van der Waals surface area contributed by atoms with E-state index in [0.29, 0.717) is 34.2 Å². The van der Waals surface area contributed by atoms with Crippen molar-refractivity contribution in [2.45, 2.75) is 6.54 Å². The first-order valence-corrected chi connectivity index (χ1v) is 9.66. The average molecular weight is 408 g/mol. The Bertz CT molecular complexity index is 1120. The average Bonchev–Trinajstić information content (AvgIpc) is 3.40. The Labute approximate surface area is 170 Å². The summed E-state index contributed by atoms with van der Waals surface area (Å²) in [6.45, 7) is 0.688. The number of nitrogens with one attached hydrogen (secondary N) is 1. The summed E-state index contributed by atoms with van der Waals surface area (Å²) in [6.07, 6.45) is 5.35. The fourth-order valence-electron chi connectivity index (χ4n) is 2.86. The number of hydrogen-bond donors (Lipinski definition) is 1. The molecule has 6 nitrogen and oxygen atoms in total. The molecule has 0 saturated heterocycles. The highest BCUT2D eigenvalue weighted by atomic mass is 32.1. The molecule has 0 spiro atoms. The molecule has 0 radical (unpaired) electrons. The van der Waals surface area contributed by atoms with Crippen LogP contribution in [0.1, 0.15) is 15.9 Å². The van der Waals surface area contributed by atoms with E-state index in [1.54, 1.807) is 36.1 Å². The van der Waals surface area contributed by atoms with E-state index in [0.717, 1.165) is 5.56 Å². The van der Waals surface area contributed by atoms with Gasteiger partial charge >= 0.3 is 0 Å². The number of benzene rings is 2. The van der Waals surface area contributed by atoms with Crippen molar-refractivity contribution in [1.82, 2.24) is 14.5 Å². The Balaban J connectivity index is 1.46. The number of rotatable bonds is 6. The lowest BCUT2D eigenvalue weighted by molar-refractivity contribution is 0.102. The number of nitrogens with zero attached hydrogens (tertiary/aromatic N) is 3. The van der Waals surface area contributed by atoms with Crippen molar-refractivity contribution < 1.29 is 13.9 Å². The quantitative estimate of drug-likeness (QED) is 0.512. The number of anilines is 1. The van der Waals surface area contributed by atoms with E-state index in [-0.39, 0.29) is 11.7 Å². The molecule has 0 unspecified atom stereocenters. The second-order valence-corrected chi connectivity index (χ2v) is 7.13. The molecule has 146 valence electrons. The van der Waals surface area contributed by atoms with Gasteiger partial charge < -0.3 is 9.30 Å². The van der Waals surface area contributed by atoms with Gasteiger partial charge in [0.15, 0.2) is 5.13 Å². The smallest absolute Gasteiger partial charge is 0.257 e. The van der Waals surface area contributed by atoms with Crippen LogP contribution in [0.25, 0.3) is 11.3 Å². The highest BCUT2D eigenvalue weighted by Crippen LogP contribution is 2.32. The van der Waals surface area contributed by atoms with Crippen molar-refractivity contribution in [1.29, 1.82) is 0 Å². The summed E-state index contributed by atoms with van der Waals surface area (Å²) in [5.41, 5.74) is 2.67. The molecule has 0 atom stereocenters. The van der Waals surface area contributed by atoms with E-state index in [1.165, 1.54) is 30.6 Å².